The van der Waals surface area contributed by atoms with Crippen LogP contribution in [0, 0.1) is 0 Å². The number of nitrogens with zero attached hydrogens (tertiary/aromatic N) is 2. The van der Waals surface area contributed by atoms with Gasteiger partial charge in [0.05, 0.1) is 17.9 Å². The highest BCUT2D eigenvalue weighted by molar-refractivity contribution is 6.42. The van der Waals surface area contributed by atoms with E-state index in [0.29, 0.717) is 23.6 Å². The van der Waals surface area contributed by atoms with Gasteiger partial charge in [0.15, 0.2) is 0 Å². The molecule has 2 heterocycles. The van der Waals surface area contributed by atoms with E-state index in [9.17, 15) is 8.63 Å². The van der Waals surface area contributed by atoms with Gasteiger partial charge in [-0.2, -0.15) is 0 Å². The van der Waals surface area contributed by atoms with Gasteiger partial charge in [0.25, 0.3) is 0 Å². The molecule has 0 saturated heterocycles. The minimum absolute atomic E-state index is 0.378. The number of aromatic nitrogens is 2. The van der Waals surface area contributed by atoms with Crippen molar-refractivity contribution in [3.05, 3.63) is 60.7 Å². The summed E-state index contributed by atoms with van der Waals surface area (Å²) < 4.78 is 26.6. The van der Waals surface area contributed by atoms with E-state index >= 15 is 0 Å². The topological polar surface area (TPSA) is 33.1 Å². The Hall–Kier alpha value is -2.11. The molecule has 0 radical (unpaired) electrons. The number of aliphatic imine (C=N–C) groups is 1. The molecule has 0 aliphatic carbocycles. The summed E-state index contributed by atoms with van der Waals surface area (Å²) in [6, 6.07) is 6.79. The Labute approximate surface area is 104 Å². The van der Waals surface area contributed by atoms with Crippen LogP contribution >= 0.6 is 0 Å². The Morgan fingerprint density at radius 3 is 2.89 bits per heavy atom. The molecule has 0 aliphatic heterocycles. The quantitative estimate of drug-likeness (QED) is 0.478. The van der Waals surface area contributed by atoms with Gasteiger partial charge in [0.1, 0.15) is 5.71 Å². The molecule has 2 rings (SSSR count). The summed E-state index contributed by atoms with van der Waals surface area (Å²) in [5.74, 6) is 0. The summed E-state index contributed by atoms with van der Waals surface area (Å²) in [5.41, 5.74) is 1.59. The van der Waals surface area contributed by atoms with Crippen LogP contribution in [0.4, 0.5) is 8.63 Å². The fraction of sp³-hybridized carbons (Fsp3) is 0.0833. The Bertz CT molecular complexity index is 543. The first-order valence-electron chi connectivity index (χ1n) is 5.48. The number of hydrogen-bond acceptors (Lipinski definition) is 1. The van der Waals surface area contributed by atoms with Crippen LogP contribution in [-0.2, 0) is 0 Å². The summed E-state index contributed by atoms with van der Waals surface area (Å²) in [7, 11) is -2.58. The second-order valence-electron chi connectivity index (χ2n) is 3.64. The van der Waals surface area contributed by atoms with Crippen LogP contribution in [0.5, 0.6) is 0 Å². The molecule has 0 amide bonds. The summed E-state index contributed by atoms with van der Waals surface area (Å²) >= 11 is 0. The van der Waals surface area contributed by atoms with E-state index in [1.807, 2.05) is 0 Å². The maximum Gasteiger partial charge on any atom is 0.677 e. The van der Waals surface area contributed by atoms with Gasteiger partial charge in [0.2, 0.25) is 0 Å². The van der Waals surface area contributed by atoms with Crippen molar-refractivity contribution in [2.45, 2.75) is 0 Å². The molecular weight excluding hydrogens is 235 g/mol. The van der Waals surface area contributed by atoms with Crippen molar-refractivity contribution in [3.63, 3.8) is 0 Å². The Morgan fingerprint density at radius 1 is 1.44 bits per heavy atom. The maximum atomic E-state index is 12.9. The van der Waals surface area contributed by atoms with Crippen molar-refractivity contribution in [2.75, 3.05) is 6.54 Å². The molecule has 0 fully saturated rings. The van der Waals surface area contributed by atoms with E-state index in [0.717, 1.165) is 4.48 Å². The lowest BCUT2D eigenvalue weighted by molar-refractivity contribution is 0.629. The smallest absolute Gasteiger partial charge is 0.360 e. The van der Waals surface area contributed by atoms with Gasteiger partial charge in [-0.1, -0.05) is 6.08 Å². The van der Waals surface area contributed by atoms with Crippen molar-refractivity contribution >= 4 is 13.1 Å². The minimum atomic E-state index is -2.58. The molecule has 1 N–H and O–H groups in total. The predicted molar refractivity (Wildman–Crippen MR) is 69.3 cm³/mol. The van der Waals surface area contributed by atoms with Crippen LogP contribution in [0.3, 0.4) is 0 Å². The van der Waals surface area contributed by atoms with Crippen LogP contribution in [0.1, 0.15) is 11.4 Å². The molecule has 0 unspecified atom stereocenters. The average Bonchev–Trinajstić information content (AvgIpc) is 3.00. The number of aromatic amines is 1. The molecule has 18 heavy (non-hydrogen) atoms. The first-order valence-corrected chi connectivity index (χ1v) is 5.48. The molecule has 6 heteroatoms. The third-order valence-corrected chi connectivity index (χ3v) is 2.46. The number of rotatable bonds is 5. The third kappa shape index (κ3) is 2.42. The zero-order chi connectivity index (χ0) is 13.0. The Morgan fingerprint density at radius 2 is 2.28 bits per heavy atom. The van der Waals surface area contributed by atoms with E-state index in [2.05, 4.69) is 16.6 Å². The van der Waals surface area contributed by atoms with Crippen LogP contribution in [0.2, 0.25) is 0 Å². The van der Waals surface area contributed by atoms with Gasteiger partial charge in [0, 0.05) is 6.20 Å². The van der Waals surface area contributed by atoms with Gasteiger partial charge >= 0.3 is 7.40 Å². The fourth-order valence-electron chi connectivity index (χ4n) is 1.70. The monoisotopic (exact) mass is 247 g/mol. The molecule has 2 aromatic heterocycles. The summed E-state index contributed by atoms with van der Waals surface area (Å²) in [6.45, 7) is 3.96. The van der Waals surface area contributed by atoms with E-state index in [4.69, 9.17) is 0 Å². The lowest BCUT2D eigenvalue weighted by atomic mass is 10.1. The molecule has 2 aromatic rings. The molecule has 3 nitrogen and oxygen atoms in total. The van der Waals surface area contributed by atoms with Gasteiger partial charge < -0.3 is 9.46 Å². The van der Waals surface area contributed by atoms with Crippen LogP contribution in [0.15, 0.2) is 54.3 Å². The number of halogens is 2. The highest BCUT2D eigenvalue weighted by atomic mass is 19.2. The SMILES string of the molecule is C=CCN=C(c1ccc[nH]1)c1cccn1B(F)F. The largest absolute Gasteiger partial charge is 0.677 e. The molecular formula is C12H12BF2N3. The maximum absolute atomic E-state index is 12.9. The second-order valence-corrected chi connectivity index (χ2v) is 3.64. The predicted octanol–water partition coefficient (Wildman–Crippen LogP) is 2.61. The Balaban J connectivity index is 2.47. The van der Waals surface area contributed by atoms with E-state index in [1.54, 1.807) is 36.5 Å². The second kappa shape index (κ2) is 5.49. The molecule has 0 aliphatic rings. The van der Waals surface area contributed by atoms with E-state index < -0.39 is 7.40 Å². The first kappa shape index (κ1) is 12.4. The van der Waals surface area contributed by atoms with Crippen LogP contribution in [0.25, 0.3) is 0 Å². The fourth-order valence-corrected chi connectivity index (χ4v) is 1.70. The van der Waals surface area contributed by atoms with Crippen molar-refractivity contribution in [1.29, 1.82) is 0 Å². The van der Waals surface area contributed by atoms with Crippen molar-refractivity contribution in [1.82, 2.24) is 9.46 Å². The molecule has 0 saturated carbocycles. The standard InChI is InChI=1S/C12H12BF2N3/c1-2-7-17-12(10-5-3-8-16-10)11-6-4-9-18(11)13(14)15/h2-6,8-9,16H,1,7H2. The number of nitrogens with one attached hydrogen (secondary N) is 1. The van der Waals surface area contributed by atoms with E-state index in [-0.39, 0.29) is 0 Å². The van der Waals surface area contributed by atoms with Crippen molar-refractivity contribution in [3.8, 4) is 0 Å². The Kier molecular flexibility index (Phi) is 3.77. The number of hydrogen-bond donors (Lipinski definition) is 1. The zero-order valence-corrected chi connectivity index (χ0v) is 9.68. The highest BCUT2D eigenvalue weighted by Crippen LogP contribution is 2.12. The minimum Gasteiger partial charge on any atom is -0.360 e. The lowest BCUT2D eigenvalue weighted by Crippen LogP contribution is -2.19. The van der Waals surface area contributed by atoms with E-state index in [1.165, 1.54) is 6.20 Å². The molecule has 0 bridgehead atoms. The number of H-pyrrole nitrogens is 1. The lowest BCUT2D eigenvalue weighted by Gasteiger charge is -2.08. The van der Waals surface area contributed by atoms with Gasteiger partial charge in [-0.15, -0.1) is 6.58 Å². The van der Waals surface area contributed by atoms with Gasteiger partial charge in [-0.25, -0.2) is 0 Å². The van der Waals surface area contributed by atoms with Crippen molar-refractivity contribution < 1.29 is 8.63 Å². The van der Waals surface area contributed by atoms with Crippen LogP contribution in [-0.4, -0.2) is 29.1 Å². The molecule has 0 atom stereocenters. The third-order valence-electron chi connectivity index (χ3n) is 2.46. The zero-order valence-electron chi connectivity index (χ0n) is 9.68. The molecule has 0 aromatic carbocycles. The summed E-state index contributed by atoms with van der Waals surface area (Å²) in [6.07, 6.45) is 4.69. The summed E-state index contributed by atoms with van der Waals surface area (Å²) in [4.78, 5) is 7.26. The molecule has 92 valence electrons. The van der Waals surface area contributed by atoms with Gasteiger partial charge in [-0.3, -0.25) is 13.6 Å². The first-order chi connectivity index (χ1) is 8.74. The molecule has 0 spiro atoms. The average molecular weight is 247 g/mol. The van der Waals surface area contributed by atoms with Crippen molar-refractivity contribution in [2.24, 2.45) is 4.99 Å². The normalized spacial score (nSPS) is 11.6. The van der Waals surface area contributed by atoms with Crippen LogP contribution < -0.4 is 0 Å². The highest BCUT2D eigenvalue weighted by Gasteiger charge is 2.22. The summed E-state index contributed by atoms with van der Waals surface area (Å²) in [5, 5.41) is 0. The van der Waals surface area contributed by atoms with Gasteiger partial charge in [-0.05, 0) is 30.5 Å².